The van der Waals surface area contributed by atoms with Gasteiger partial charge in [-0.05, 0) is 36.3 Å². The third-order valence-corrected chi connectivity index (χ3v) is 13.9. The normalized spacial score (nSPS) is 15.0. The molecule has 0 atom stereocenters. The van der Waals surface area contributed by atoms with E-state index in [4.69, 9.17) is 14.6 Å². The van der Waals surface area contributed by atoms with Gasteiger partial charge < -0.3 is 14.6 Å². The van der Waals surface area contributed by atoms with Crippen LogP contribution < -0.4 is 5.73 Å². The molecule has 0 aliphatic carbocycles. The maximum Gasteiger partial charge on any atom is 0.192 e. The van der Waals surface area contributed by atoms with Crippen molar-refractivity contribution in [1.29, 1.82) is 0 Å². The largest absolute Gasteiger partial charge is 0.415 e. The zero-order valence-corrected chi connectivity index (χ0v) is 17.4. The zero-order chi connectivity index (χ0) is 16.4. The summed E-state index contributed by atoms with van der Waals surface area (Å²) in [5.74, 6) is 0. The van der Waals surface area contributed by atoms with Crippen molar-refractivity contribution in [3.05, 3.63) is 0 Å². The number of hydrogen-bond acceptors (Lipinski definition) is 3. The average Bonchev–Trinajstić information content (AvgIpc) is 2.20. The van der Waals surface area contributed by atoms with Crippen molar-refractivity contribution in [1.82, 2.24) is 0 Å². The molecule has 0 bridgehead atoms. The van der Waals surface area contributed by atoms with E-state index in [0.29, 0.717) is 13.2 Å². The molecule has 0 aliphatic heterocycles. The van der Waals surface area contributed by atoms with Crippen molar-refractivity contribution >= 4 is 16.6 Å². The molecule has 0 saturated carbocycles. The van der Waals surface area contributed by atoms with E-state index in [2.05, 4.69) is 67.7 Å². The molecule has 0 aromatic carbocycles. The molecule has 122 valence electrons. The Morgan fingerprint density at radius 2 is 1.00 bits per heavy atom. The molecule has 0 aromatic heterocycles. The van der Waals surface area contributed by atoms with Crippen LogP contribution in [-0.4, -0.2) is 35.9 Å². The summed E-state index contributed by atoms with van der Waals surface area (Å²) in [5, 5.41) is 0.458. The van der Waals surface area contributed by atoms with Crippen LogP contribution in [0.1, 0.15) is 41.5 Å². The van der Waals surface area contributed by atoms with E-state index in [1.807, 2.05) is 0 Å². The molecule has 0 spiro atoms. The molecule has 0 aliphatic rings. The monoisotopic (exact) mass is 319 g/mol. The minimum absolute atomic E-state index is 0.0294. The fourth-order valence-corrected chi connectivity index (χ4v) is 3.24. The third-order valence-electron chi connectivity index (χ3n) is 4.93. The highest BCUT2D eigenvalue weighted by atomic mass is 28.4. The third kappa shape index (κ3) is 5.97. The van der Waals surface area contributed by atoms with E-state index in [-0.39, 0.29) is 16.1 Å². The van der Waals surface area contributed by atoms with Crippen LogP contribution in [0.3, 0.4) is 0 Å². The van der Waals surface area contributed by atoms with Gasteiger partial charge in [-0.1, -0.05) is 41.5 Å². The maximum absolute atomic E-state index is 6.17. The van der Waals surface area contributed by atoms with Gasteiger partial charge in [0.05, 0.1) is 13.2 Å². The van der Waals surface area contributed by atoms with Crippen LogP contribution in [0.2, 0.25) is 36.3 Å². The van der Waals surface area contributed by atoms with E-state index in [1.165, 1.54) is 0 Å². The molecule has 5 heteroatoms. The van der Waals surface area contributed by atoms with Gasteiger partial charge in [0.2, 0.25) is 0 Å². The lowest BCUT2D eigenvalue weighted by atomic mass is 10.2. The van der Waals surface area contributed by atoms with Crippen LogP contribution in [0, 0.1) is 0 Å². The van der Waals surface area contributed by atoms with Crippen LogP contribution in [0.5, 0.6) is 0 Å². The molecular formula is C15H37NO2Si2. The van der Waals surface area contributed by atoms with E-state index in [9.17, 15) is 0 Å². The summed E-state index contributed by atoms with van der Waals surface area (Å²) < 4.78 is 12.3. The molecule has 0 amide bonds. The topological polar surface area (TPSA) is 44.5 Å². The molecule has 0 fully saturated rings. The molecule has 0 saturated heterocycles. The number of rotatable bonds is 6. The molecule has 20 heavy (non-hydrogen) atoms. The Balaban J connectivity index is 4.31. The lowest BCUT2D eigenvalue weighted by Crippen LogP contribution is -2.47. The Morgan fingerprint density at radius 1 is 0.750 bits per heavy atom. The Labute approximate surface area is 128 Å². The van der Waals surface area contributed by atoms with Gasteiger partial charge in [0.25, 0.3) is 0 Å². The molecule has 3 nitrogen and oxygen atoms in total. The van der Waals surface area contributed by atoms with Gasteiger partial charge in [-0.3, -0.25) is 0 Å². The minimum Gasteiger partial charge on any atom is -0.415 e. The van der Waals surface area contributed by atoms with Gasteiger partial charge in [-0.25, -0.2) is 0 Å². The van der Waals surface area contributed by atoms with Crippen molar-refractivity contribution in [2.45, 2.75) is 83.8 Å². The fraction of sp³-hybridized carbons (Fsp3) is 1.00. The molecule has 0 unspecified atom stereocenters. The molecule has 0 aromatic rings. The highest BCUT2D eigenvalue weighted by Gasteiger charge is 2.39. The second-order valence-corrected chi connectivity index (χ2v) is 18.5. The summed E-state index contributed by atoms with van der Waals surface area (Å²) in [6.07, 6.45) is 0. The van der Waals surface area contributed by atoms with Gasteiger partial charge >= 0.3 is 0 Å². The van der Waals surface area contributed by atoms with Gasteiger partial charge in [0.15, 0.2) is 16.6 Å². The summed E-state index contributed by atoms with van der Waals surface area (Å²) in [7, 11) is -3.41. The van der Waals surface area contributed by atoms with E-state index in [1.54, 1.807) is 0 Å². The predicted molar refractivity (Wildman–Crippen MR) is 94.3 cm³/mol. The summed E-state index contributed by atoms with van der Waals surface area (Å²) in [6.45, 7) is 23.7. The highest BCUT2D eigenvalue weighted by molar-refractivity contribution is 6.74. The maximum atomic E-state index is 6.17. The van der Waals surface area contributed by atoms with Crippen molar-refractivity contribution < 1.29 is 8.85 Å². The number of nitrogens with two attached hydrogens (primary N) is 1. The first-order valence-corrected chi connectivity index (χ1v) is 13.5. The first kappa shape index (κ1) is 20.3. The lowest BCUT2D eigenvalue weighted by Gasteiger charge is -2.38. The Hall–Kier alpha value is 0.314. The molecule has 0 radical (unpaired) electrons. The van der Waals surface area contributed by atoms with Crippen LogP contribution in [0.4, 0.5) is 0 Å². The Kier molecular flexibility index (Phi) is 6.71. The smallest absolute Gasteiger partial charge is 0.192 e. The quantitative estimate of drug-likeness (QED) is 0.740. The van der Waals surface area contributed by atoms with Gasteiger partial charge in [0, 0.05) is 6.04 Å². The van der Waals surface area contributed by atoms with Crippen molar-refractivity contribution in [3.63, 3.8) is 0 Å². The van der Waals surface area contributed by atoms with E-state index < -0.39 is 16.6 Å². The Morgan fingerprint density at radius 3 is 1.20 bits per heavy atom. The first-order chi connectivity index (χ1) is 8.60. The van der Waals surface area contributed by atoms with Crippen LogP contribution in [0.25, 0.3) is 0 Å². The summed E-state index contributed by atoms with van der Waals surface area (Å²) >= 11 is 0. The summed E-state index contributed by atoms with van der Waals surface area (Å²) in [5.41, 5.74) is 6.17. The molecule has 0 rings (SSSR count). The molecule has 2 N–H and O–H groups in total. The van der Waals surface area contributed by atoms with E-state index in [0.717, 1.165) is 0 Å². The summed E-state index contributed by atoms with van der Waals surface area (Å²) in [6, 6.07) is -0.0294. The molecular weight excluding hydrogens is 282 g/mol. The second-order valence-electron chi connectivity index (χ2n) is 8.90. The van der Waals surface area contributed by atoms with Crippen LogP contribution in [-0.2, 0) is 8.85 Å². The molecule has 0 heterocycles. The first-order valence-electron chi connectivity index (χ1n) is 7.64. The van der Waals surface area contributed by atoms with Gasteiger partial charge in [0.1, 0.15) is 0 Å². The summed E-state index contributed by atoms with van der Waals surface area (Å²) in [4.78, 5) is 0. The number of hydrogen-bond donors (Lipinski definition) is 1. The predicted octanol–water partition coefficient (Wildman–Crippen LogP) is 4.36. The van der Waals surface area contributed by atoms with Crippen LogP contribution >= 0.6 is 0 Å². The van der Waals surface area contributed by atoms with Crippen molar-refractivity contribution in [2.75, 3.05) is 13.2 Å². The van der Waals surface area contributed by atoms with Crippen molar-refractivity contribution in [2.24, 2.45) is 5.73 Å². The SMILES string of the molecule is CC(C)(C)[Si](C)(C)OCC(N)CO[Si](C)(C)C(C)(C)C. The van der Waals surface area contributed by atoms with Gasteiger partial charge in [-0.2, -0.15) is 0 Å². The highest BCUT2D eigenvalue weighted by Crippen LogP contribution is 2.37. The second kappa shape index (κ2) is 6.61. The minimum atomic E-state index is -1.70. The fourth-order valence-electron chi connectivity index (χ4n) is 1.11. The standard InChI is InChI=1S/C15H37NO2Si2/c1-14(2,3)19(7,8)17-11-13(16)12-18-20(9,10)15(4,5)6/h13H,11-12,16H2,1-10H3. The van der Waals surface area contributed by atoms with Crippen molar-refractivity contribution in [3.8, 4) is 0 Å². The van der Waals surface area contributed by atoms with E-state index >= 15 is 0 Å². The van der Waals surface area contributed by atoms with Gasteiger partial charge in [-0.15, -0.1) is 0 Å². The zero-order valence-electron chi connectivity index (χ0n) is 15.4. The average molecular weight is 320 g/mol. The Bertz CT molecular complexity index is 274. The van der Waals surface area contributed by atoms with Crippen LogP contribution in [0.15, 0.2) is 0 Å². The lowest BCUT2D eigenvalue weighted by molar-refractivity contribution is 0.198.